The number of carbonyl (C=O) groups excluding carboxylic acids is 1. The predicted octanol–water partition coefficient (Wildman–Crippen LogP) is 3.86. The highest BCUT2D eigenvalue weighted by Gasteiger charge is 2.32. The predicted molar refractivity (Wildman–Crippen MR) is 109 cm³/mol. The van der Waals surface area contributed by atoms with Crippen molar-refractivity contribution in [1.29, 1.82) is 0 Å². The van der Waals surface area contributed by atoms with Crippen LogP contribution in [0.1, 0.15) is 10.4 Å². The summed E-state index contributed by atoms with van der Waals surface area (Å²) in [5, 5.41) is 0.215. The van der Waals surface area contributed by atoms with E-state index in [2.05, 4.69) is 0 Å². The zero-order chi connectivity index (χ0) is 19.6. The third kappa shape index (κ3) is 4.12. The first-order valence-corrected chi connectivity index (χ1v) is 11.6. The zero-order valence-electron chi connectivity index (χ0n) is 14.6. The van der Waals surface area contributed by atoms with Gasteiger partial charge in [-0.25, -0.2) is 8.42 Å². The molecule has 0 spiro atoms. The van der Waals surface area contributed by atoms with Gasteiger partial charge in [0.15, 0.2) is 0 Å². The molecule has 3 rings (SSSR count). The third-order valence-corrected chi connectivity index (χ3v) is 8.07. The number of nitrogens with zero attached hydrogens (tertiary/aromatic N) is 2. The Morgan fingerprint density at radius 1 is 1.00 bits per heavy atom. The van der Waals surface area contributed by atoms with E-state index in [4.69, 9.17) is 23.2 Å². The first-order chi connectivity index (χ1) is 12.9. The summed E-state index contributed by atoms with van der Waals surface area (Å²) < 4.78 is 27.1. The molecule has 1 amide bonds. The van der Waals surface area contributed by atoms with E-state index in [1.165, 1.54) is 22.1 Å². The summed E-state index contributed by atoms with van der Waals surface area (Å²) >= 11 is 13.5. The standard InChI is InChI=1S/C18H18Cl2N2O3S2/c1-26-15-7-3-2-5-13(15)18(23)21-9-11-22(12-10-21)27(24,25)16-8-4-6-14(19)17(16)20/h2-8H,9-12H2,1H3. The van der Waals surface area contributed by atoms with Crippen molar-refractivity contribution in [1.82, 2.24) is 9.21 Å². The van der Waals surface area contributed by atoms with Crippen LogP contribution < -0.4 is 0 Å². The van der Waals surface area contributed by atoms with Crippen molar-refractivity contribution in [3.8, 4) is 0 Å². The van der Waals surface area contributed by atoms with Gasteiger partial charge in [-0.3, -0.25) is 4.79 Å². The van der Waals surface area contributed by atoms with Crippen molar-refractivity contribution < 1.29 is 13.2 Å². The molecule has 1 fully saturated rings. The third-order valence-electron chi connectivity index (χ3n) is 4.40. The molecule has 0 unspecified atom stereocenters. The summed E-state index contributed by atoms with van der Waals surface area (Å²) in [7, 11) is -3.77. The number of piperazine rings is 1. The van der Waals surface area contributed by atoms with E-state index in [1.54, 1.807) is 23.1 Å². The van der Waals surface area contributed by atoms with E-state index in [0.29, 0.717) is 18.7 Å². The topological polar surface area (TPSA) is 57.7 Å². The van der Waals surface area contributed by atoms with Crippen molar-refractivity contribution in [2.45, 2.75) is 9.79 Å². The molecule has 0 saturated carbocycles. The molecular weight excluding hydrogens is 427 g/mol. The van der Waals surface area contributed by atoms with Crippen molar-refractivity contribution in [3.05, 3.63) is 58.1 Å². The number of thioether (sulfide) groups is 1. The summed E-state index contributed by atoms with van der Waals surface area (Å²) in [6.45, 7) is 1.05. The van der Waals surface area contributed by atoms with E-state index < -0.39 is 10.0 Å². The molecule has 144 valence electrons. The lowest BCUT2D eigenvalue weighted by Crippen LogP contribution is -2.50. The first kappa shape index (κ1) is 20.5. The lowest BCUT2D eigenvalue weighted by Gasteiger charge is -2.34. The fraction of sp³-hybridized carbons (Fsp3) is 0.278. The Balaban J connectivity index is 1.75. The molecule has 0 N–H and O–H groups in total. The summed E-state index contributed by atoms with van der Waals surface area (Å²) in [4.78, 5) is 15.4. The maximum atomic E-state index is 12.9. The molecule has 2 aromatic rings. The Morgan fingerprint density at radius 3 is 2.33 bits per heavy atom. The van der Waals surface area contributed by atoms with Crippen LogP contribution in [0.2, 0.25) is 10.0 Å². The molecule has 0 aromatic heterocycles. The number of amides is 1. The second-order valence-electron chi connectivity index (χ2n) is 5.95. The fourth-order valence-corrected chi connectivity index (χ4v) is 5.69. The molecule has 0 radical (unpaired) electrons. The lowest BCUT2D eigenvalue weighted by molar-refractivity contribution is 0.0694. The SMILES string of the molecule is CSc1ccccc1C(=O)N1CCN(S(=O)(=O)c2cccc(Cl)c2Cl)CC1. The highest BCUT2D eigenvalue weighted by Crippen LogP contribution is 2.31. The van der Waals surface area contributed by atoms with Crippen LogP contribution in [0.15, 0.2) is 52.3 Å². The highest BCUT2D eigenvalue weighted by atomic mass is 35.5. The van der Waals surface area contributed by atoms with Crippen molar-refractivity contribution >= 4 is 50.9 Å². The molecule has 1 aliphatic rings. The molecule has 1 saturated heterocycles. The van der Waals surface area contributed by atoms with Gasteiger partial charge < -0.3 is 4.90 Å². The van der Waals surface area contributed by atoms with Crippen molar-refractivity contribution in [2.75, 3.05) is 32.4 Å². The van der Waals surface area contributed by atoms with Crippen LogP contribution in [0.3, 0.4) is 0 Å². The zero-order valence-corrected chi connectivity index (χ0v) is 17.7. The van der Waals surface area contributed by atoms with Crippen LogP contribution in [0.4, 0.5) is 0 Å². The molecule has 0 bridgehead atoms. The van der Waals surface area contributed by atoms with E-state index in [1.807, 2.05) is 24.5 Å². The van der Waals surface area contributed by atoms with Crippen LogP contribution in [-0.4, -0.2) is 56.0 Å². The normalized spacial score (nSPS) is 15.7. The van der Waals surface area contributed by atoms with Gasteiger partial charge in [-0.2, -0.15) is 4.31 Å². The van der Waals surface area contributed by atoms with E-state index in [-0.39, 0.29) is 33.9 Å². The first-order valence-electron chi connectivity index (χ1n) is 8.22. The number of carbonyl (C=O) groups is 1. The van der Waals surface area contributed by atoms with Gasteiger partial charge >= 0.3 is 0 Å². The number of hydrogen-bond acceptors (Lipinski definition) is 4. The number of hydrogen-bond donors (Lipinski definition) is 0. The van der Waals surface area contributed by atoms with Gasteiger partial charge in [0.25, 0.3) is 5.91 Å². The molecule has 9 heteroatoms. The second-order valence-corrected chi connectivity index (χ2v) is 9.49. The van der Waals surface area contributed by atoms with E-state index >= 15 is 0 Å². The van der Waals surface area contributed by atoms with E-state index in [0.717, 1.165) is 4.90 Å². The Morgan fingerprint density at radius 2 is 1.67 bits per heavy atom. The number of sulfonamides is 1. The van der Waals surface area contributed by atoms with Gasteiger partial charge in [-0.15, -0.1) is 11.8 Å². The largest absolute Gasteiger partial charge is 0.336 e. The Hall–Kier alpha value is -1.25. The quantitative estimate of drug-likeness (QED) is 0.671. The van der Waals surface area contributed by atoms with Crippen LogP contribution in [0, 0.1) is 0 Å². The molecular formula is C18H18Cl2N2O3S2. The van der Waals surface area contributed by atoms with Gasteiger partial charge in [-0.1, -0.05) is 41.4 Å². The molecule has 5 nitrogen and oxygen atoms in total. The van der Waals surface area contributed by atoms with Gasteiger partial charge in [0.2, 0.25) is 10.0 Å². The Kier molecular flexibility index (Phi) is 6.38. The average molecular weight is 445 g/mol. The van der Waals surface area contributed by atoms with Crippen LogP contribution in [0.25, 0.3) is 0 Å². The van der Waals surface area contributed by atoms with Gasteiger partial charge in [0.05, 0.1) is 15.6 Å². The second kappa shape index (κ2) is 8.41. The van der Waals surface area contributed by atoms with Gasteiger partial charge in [0, 0.05) is 31.1 Å². The number of benzene rings is 2. The van der Waals surface area contributed by atoms with E-state index in [9.17, 15) is 13.2 Å². The Labute approximate surface area is 173 Å². The monoisotopic (exact) mass is 444 g/mol. The fourth-order valence-electron chi connectivity index (χ4n) is 2.95. The highest BCUT2D eigenvalue weighted by molar-refractivity contribution is 7.98. The van der Waals surface area contributed by atoms with Crippen molar-refractivity contribution in [3.63, 3.8) is 0 Å². The molecule has 0 atom stereocenters. The van der Waals surface area contributed by atoms with Crippen LogP contribution >= 0.6 is 35.0 Å². The maximum Gasteiger partial charge on any atom is 0.255 e. The summed E-state index contributed by atoms with van der Waals surface area (Å²) in [6.07, 6.45) is 1.92. The van der Waals surface area contributed by atoms with Gasteiger partial charge in [0.1, 0.15) is 4.90 Å². The number of halogens is 2. The summed E-state index contributed by atoms with van der Waals surface area (Å²) in [5.74, 6) is -0.0854. The summed E-state index contributed by atoms with van der Waals surface area (Å²) in [6, 6.07) is 12.0. The minimum absolute atomic E-state index is 0.0100. The minimum Gasteiger partial charge on any atom is -0.336 e. The lowest BCUT2D eigenvalue weighted by atomic mass is 10.2. The molecule has 0 aliphatic carbocycles. The minimum atomic E-state index is -3.77. The van der Waals surface area contributed by atoms with Crippen LogP contribution in [-0.2, 0) is 10.0 Å². The molecule has 2 aromatic carbocycles. The smallest absolute Gasteiger partial charge is 0.255 e. The molecule has 27 heavy (non-hydrogen) atoms. The van der Waals surface area contributed by atoms with Crippen molar-refractivity contribution in [2.24, 2.45) is 0 Å². The number of rotatable bonds is 4. The Bertz CT molecular complexity index is 959. The molecule has 1 heterocycles. The van der Waals surface area contributed by atoms with Gasteiger partial charge in [-0.05, 0) is 30.5 Å². The summed E-state index contributed by atoms with van der Waals surface area (Å²) in [5.41, 5.74) is 0.638. The average Bonchev–Trinajstić information content (AvgIpc) is 2.69. The molecule has 1 aliphatic heterocycles. The maximum absolute atomic E-state index is 12.9. The van der Waals surface area contributed by atoms with Crippen LogP contribution in [0.5, 0.6) is 0 Å².